The van der Waals surface area contributed by atoms with Crippen LogP contribution in [0, 0.1) is 11.8 Å². The van der Waals surface area contributed by atoms with E-state index in [0.717, 1.165) is 42.0 Å². The summed E-state index contributed by atoms with van der Waals surface area (Å²) in [7, 11) is 1.54. The summed E-state index contributed by atoms with van der Waals surface area (Å²) in [5, 5.41) is 4.72. The number of nitrogens with one attached hydrogen (secondary N) is 1. The average molecular weight is 420 g/mol. The number of carbonyl (C=O) groups excluding carboxylic acids is 3. The minimum atomic E-state index is -0.288. The van der Waals surface area contributed by atoms with Gasteiger partial charge in [0.15, 0.2) is 0 Å². The van der Waals surface area contributed by atoms with Crippen molar-refractivity contribution in [2.45, 2.75) is 32.1 Å². The zero-order valence-corrected chi connectivity index (χ0v) is 17.3. The van der Waals surface area contributed by atoms with E-state index in [0.29, 0.717) is 17.0 Å². The van der Waals surface area contributed by atoms with Crippen molar-refractivity contribution in [3.05, 3.63) is 36.4 Å². The largest absolute Gasteiger partial charge is 0.495 e. The van der Waals surface area contributed by atoms with Gasteiger partial charge in [-0.1, -0.05) is 31.0 Å². The Kier molecular flexibility index (Phi) is 4.88. The molecule has 2 fully saturated rings. The Morgan fingerprint density at radius 2 is 1.77 bits per heavy atom. The molecular formula is C24H24N2O5. The molecule has 2 aromatic carbocycles. The molecule has 0 unspecified atom stereocenters. The Balaban J connectivity index is 1.31. The van der Waals surface area contributed by atoms with E-state index < -0.39 is 0 Å². The molecule has 3 aromatic rings. The number of hydrogen-bond donors (Lipinski definition) is 1. The SMILES string of the molecule is COc1cc2c(cc1NC(=O)CCN1C(=O)[C@H]3CCCC[C@@H]3C1=O)oc1ccccc12. The van der Waals surface area contributed by atoms with Crippen LogP contribution in [0.2, 0.25) is 0 Å². The highest BCUT2D eigenvalue weighted by molar-refractivity contribution is 6.08. The number of para-hydroxylation sites is 1. The highest BCUT2D eigenvalue weighted by atomic mass is 16.5. The number of benzene rings is 2. The molecule has 0 radical (unpaired) electrons. The smallest absolute Gasteiger partial charge is 0.233 e. The third kappa shape index (κ3) is 3.34. The number of anilines is 1. The fraction of sp³-hybridized carbons (Fsp3) is 0.375. The maximum atomic E-state index is 12.6. The van der Waals surface area contributed by atoms with E-state index in [2.05, 4.69) is 5.32 Å². The molecule has 3 amide bonds. The minimum absolute atomic E-state index is 0.0399. The quantitative estimate of drug-likeness (QED) is 0.628. The van der Waals surface area contributed by atoms with Crippen molar-refractivity contribution in [3.63, 3.8) is 0 Å². The van der Waals surface area contributed by atoms with E-state index in [9.17, 15) is 14.4 Å². The molecule has 2 heterocycles. The molecule has 5 rings (SSSR count). The van der Waals surface area contributed by atoms with Gasteiger partial charge in [-0.2, -0.15) is 0 Å². The highest BCUT2D eigenvalue weighted by Gasteiger charge is 2.47. The molecule has 0 spiro atoms. The maximum Gasteiger partial charge on any atom is 0.233 e. The lowest BCUT2D eigenvalue weighted by Crippen LogP contribution is -2.34. The molecule has 1 aliphatic heterocycles. The summed E-state index contributed by atoms with van der Waals surface area (Å²) < 4.78 is 11.4. The second-order valence-corrected chi connectivity index (χ2v) is 8.27. The third-order valence-corrected chi connectivity index (χ3v) is 6.47. The number of hydrogen-bond acceptors (Lipinski definition) is 5. The number of likely N-dealkylation sites (tertiary alicyclic amines) is 1. The molecular weight excluding hydrogens is 396 g/mol. The van der Waals surface area contributed by atoms with Gasteiger partial charge in [-0.25, -0.2) is 0 Å². The maximum absolute atomic E-state index is 12.6. The molecule has 1 aliphatic carbocycles. The average Bonchev–Trinajstić information content (AvgIpc) is 3.26. The summed E-state index contributed by atoms with van der Waals surface area (Å²) in [6.07, 6.45) is 3.55. The molecule has 2 aliphatic rings. The molecule has 31 heavy (non-hydrogen) atoms. The van der Waals surface area contributed by atoms with Crippen LogP contribution in [0.3, 0.4) is 0 Å². The second kappa shape index (κ2) is 7.72. The highest BCUT2D eigenvalue weighted by Crippen LogP contribution is 2.38. The zero-order valence-electron chi connectivity index (χ0n) is 17.3. The van der Waals surface area contributed by atoms with Gasteiger partial charge in [0, 0.05) is 29.8 Å². The van der Waals surface area contributed by atoms with Gasteiger partial charge in [-0.3, -0.25) is 19.3 Å². The Hall–Kier alpha value is -3.35. The van der Waals surface area contributed by atoms with E-state index in [1.54, 1.807) is 13.2 Å². The summed E-state index contributed by atoms with van der Waals surface area (Å²) >= 11 is 0. The van der Waals surface area contributed by atoms with Crippen molar-refractivity contribution in [1.82, 2.24) is 4.90 Å². The summed E-state index contributed by atoms with van der Waals surface area (Å²) in [6.45, 7) is 0.103. The number of amides is 3. The van der Waals surface area contributed by atoms with Gasteiger partial charge < -0.3 is 14.5 Å². The van der Waals surface area contributed by atoms with Crippen molar-refractivity contribution < 1.29 is 23.5 Å². The van der Waals surface area contributed by atoms with Crippen LogP contribution >= 0.6 is 0 Å². The number of carbonyl (C=O) groups is 3. The summed E-state index contributed by atoms with van der Waals surface area (Å²) in [5.74, 6) is -0.400. The lowest BCUT2D eigenvalue weighted by Gasteiger charge is -2.19. The van der Waals surface area contributed by atoms with Gasteiger partial charge in [-0.15, -0.1) is 0 Å². The molecule has 1 saturated carbocycles. The monoisotopic (exact) mass is 420 g/mol. The number of furan rings is 1. The van der Waals surface area contributed by atoms with Crippen LogP contribution in [-0.4, -0.2) is 36.3 Å². The fourth-order valence-corrected chi connectivity index (χ4v) is 4.90. The number of fused-ring (bicyclic) bond motifs is 4. The van der Waals surface area contributed by atoms with Crippen LogP contribution in [0.25, 0.3) is 21.9 Å². The fourth-order valence-electron chi connectivity index (χ4n) is 4.90. The normalized spacial score (nSPS) is 21.0. The van der Waals surface area contributed by atoms with E-state index in [4.69, 9.17) is 9.15 Å². The molecule has 7 heteroatoms. The van der Waals surface area contributed by atoms with Crippen LogP contribution in [0.1, 0.15) is 32.1 Å². The summed E-state index contributed by atoms with van der Waals surface area (Å²) in [6, 6.07) is 11.3. The van der Waals surface area contributed by atoms with Gasteiger partial charge in [0.2, 0.25) is 17.7 Å². The first-order valence-electron chi connectivity index (χ1n) is 10.7. The van der Waals surface area contributed by atoms with Crippen LogP contribution in [0.4, 0.5) is 5.69 Å². The van der Waals surface area contributed by atoms with Gasteiger partial charge in [0.1, 0.15) is 16.9 Å². The van der Waals surface area contributed by atoms with Crippen molar-refractivity contribution >= 4 is 45.3 Å². The summed E-state index contributed by atoms with van der Waals surface area (Å²) in [4.78, 5) is 39.1. The molecule has 0 bridgehead atoms. The number of methoxy groups -OCH3 is 1. The van der Waals surface area contributed by atoms with Crippen LogP contribution in [-0.2, 0) is 14.4 Å². The molecule has 2 atom stereocenters. The van der Waals surface area contributed by atoms with Crippen LogP contribution in [0.15, 0.2) is 40.8 Å². The lowest BCUT2D eigenvalue weighted by atomic mass is 9.81. The van der Waals surface area contributed by atoms with Crippen molar-refractivity contribution in [2.24, 2.45) is 11.8 Å². The first-order valence-corrected chi connectivity index (χ1v) is 10.7. The van der Waals surface area contributed by atoms with Gasteiger partial charge >= 0.3 is 0 Å². The molecule has 7 nitrogen and oxygen atoms in total. The van der Waals surface area contributed by atoms with Crippen molar-refractivity contribution in [2.75, 3.05) is 19.0 Å². The molecule has 1 N–H and O–H groups in total. The first kappa shape index (κ1) is 19.6. The molecule has 1 aromatic heterocycles. The van der Waals surface area contributed by atoms with Crippen LogP contribution < -0.4 is 10.1 Å². The Labute approximate surface area is 179 Å². The Morgan fingerprint density at radius 1 is 1.06 bits per heavy atom. The number of imide groups is 1. The predicted molar refractivity (Wildman–Crippen MR) is 116 cm³/mol. The second-order valence-electron chi connectivity index (χ2n) is 8.27. The Bertz CT molecular complexity index is 1170. The van der Waals surface area contributed by atoms with Gasteiger partial charge in [0.05, 0.1) is 24.6 Å². The van der Waals surface area contributed by atoms with Gasteiger partial charge in [-0.05, 0) is 25.0 Å². The number of nitrogens with zero attached hydrogens (tertiary/aromatic N) is 1. The predicted octanol–water partition coefficient (Wildman–Crippen LogP) is 4.10. The third-order valence-electron chi connectivity index (χ3n) is 6.47. The summed E-state index contributed by atoms with van der Waals surface area (Å²) in [5.41, 5.74) is 1.90. The first-order chi connectivity index (χ1) is 15.1. The molecule has 160 valence electrons. The van der Waals surface area contributed by atoms with E-state index in [1.165, 1.54) is 4.90 Å². The topological polar surface area (TPSA) is 88.9 Å². The van der Waals surface area contributed by atoms with Crippen LogP contribution in [0.5, 0.6) is 5.75 Å². The number of rotatable bonds is 5. The Morgan fingerprint density at radius 3 is 2.48 bits per heavy atom. The van der Waals surface area contributed by atoms with E-state index in [-0.39, 0.29) is 42.5 Å². The van der Waals surface area contributed by atoms with E-state index >= 15 is 0 Å². The van der Waals surface area contributed by atoms with Crippen molar-refractivity contribution in [1.29, 1.82) is 0 Å². The van der Waals surface area contributed by atoms with Gasteiger partial charge in [0.25, 0.3) is 0 Å². The zero-order chi connectivity index (χ0) is 21.5. The lowest BCUT2D eigenvalue weighted by molar-refractivity contribution is -0.140. The standard InChI is InChI=1S/C24H24N2O5/c1-30-21-12-17-14-6-4-5-9-19(14)31-20(17)13-18(21)25-22(27)10-11-26-23(28)15-7-2-3-8-16(15)24(26)29/h4-6,9,12-13,15-16H,2-3,7-8,10-11H2,1H3,(H,25,27)/t15-,16-/m0/s1. The van der Waals surface area contributed by atoms with Crippen molar-refractivity contribution in [3.8, 4) is 5.75 Å². The van der Waals surface area contributed by atoms with E-state index in [1.807, 2.05) is 30.3 Å². The minimum Gasteiger partial charge on any atom is -0.495 e. The molecule has 1 saturated heterocycles. The number of ether oxygens (including phenoxy) is 1.